The van der Waals surface area contributed by atoms with Crippen molar-refractivity contribution in [1.29, 1.82) is 5.26 Å². The fraction of sp³-hybridized carbons (Fsp3) is 0.238. The van der Waals surface area contributed by atoms with E-state index in [9.17, 15) is 10.1 Å². The molecule has 2 aromatic rings. The van der Waals surface area contributed by atoms with Gasteiger partial charge in [-0.2, -0.15) is 5.26 Å². The number of nitrogens with one attached hydrogen (secondary N) is 1. The molecule has 0 spiro atoms. The first-order valence-corrected chi connectivity index (χ1v) is 9.40. The summed E-state index contributed by atoms with van der Waals surface area (Å²) in [6.45, 7) is 4.25. The number of hydrogen-bond donors (Lipinski definition) is 1. The quantitative estimate of drug-likeness (QED) is 0.576. The third-order valence-corrected chi connectivity index (χ3v) is 4.92. The fourth-order valence-corrected chi connectivity index (χ4v) is 3.56. The maximum atomic E-state index is 12.4. The lowest BCUT2D eigenvalue weighted by molar-refractivity contribution is -0.112. The minimum atomic E-state index is -0.410. The van der Waals surface area contributed by atoms with E-state index in [4.69, 9.17) is 0 Å². The number of carbonyl (C=O) groups excluding carboxylic acids is 1. The van der Waals surface area contributed by atoms with Crippen LogP contribution in [0.25, 0.3) is 6.08 Å². The predicted molar refractivity (Wildman–Crippen MR) is 109 cm³/mol. The highest BCUT2D eigenvalue weighted by Gasteiger charge is 2.15. The summed E-state index contributed by atoms with van der Waals surface area (Å²) >= 11 is 3.37. The molecule has 1 N–H and O–H groups in total. The van der Waals surface area contributed by atoms with E-state index < -0.39 is 5.91 Å². The largest absolute Gasteiger partial charge is 0.371 e. The summed E-state index contributed by atoms with van der Waals surface area (Å²) in [4.78, 5) is 14.8. The zero-order chi connectivity index (χ0) is 18.5. The summed E-state index contributed by atoms with van der Waals surface area (Å²) in [5.74, 6) is -0.410. The molecule has 0 aromatic heterocycles. The number of nitriles is 1. The number of hydrogen-bond acceptors (Lipinski definition) is 3. The van der Waals surface area contributed by atoms with Crippen molar-refractivity contribution < 1.29 is 4.79 Å². The molecular formula is C21H20BrN3O. The molecule has 0 radical (unpaired) electrons. The number of nitrogens with zero attached hydrogens (tertiary/aromatic N) is 2. The number of carbonyl (C=O) groups is 1. The third kappa shape index (κ3) is 4.33. The van der Waals surface area contributed by atoms with E-state index in [1.807, 2.05) is 30.3 Å². The highest BCUT2D eigenvalue weighted by Crippen LogP contribution is 2.26. The van der Waals surface area contributed by atoms with Crippen LogP contribution in [-0.2, 0) is 4.79 Å². The van der Waals surface area contributed by atoms with E-state index in [1.165, 1.54) is 18.5 Å². The zero-order valence-electron chi connectivity index (χ0n) is 14.6. The molecular weight excluding hydrogens is 390 g/mol. The van der Waals surface area contributed by atoms with Gasteiger partial charge in [0, 0.05) is 28.9 Å². The van der Waals surface area contributed by atoms with Crippen molar-refractivity contribution in [1.82, 2.24) is 0 Å². The molecule has 1 saturated heterocycles. The topological polar surface area (TPSA) is 56.1 Å². The van der Waals surface area contributed by atoms with Gasteiger partial charge >= 0.3 is 0 Å². The molecule has 1 fully saturated rings. The van der Waals surface area contributed by atoms with Gasteiger partial charge in [0.2, 0.25) is 0 Å². The van der Waals surface area contributed by atoms with Gasteiger partial charge in [-0.05, 0) is 67.3 Å². The van der Waals surface area contributed by atoms with Gasteiger partial charge in [-0.1, -0.05) is 28.1 Å². The molecule has 0 aliphatic carbocycles. The monoisotopic (exact) mass is 409 g/mol. The number of halogens is 1. The molecule has 1 aliphatic heterocycles. The Bertz CT molecular complexity index is 892. The number of amides is 1. The normalized spacial score (nSPS) is 14.2. The van der Waals surface area contributed by atoms with Crippen LogP contribution in [0.5, 0.6) is 0 Å². The Morgan fingerprint density at radius 3 is 2.65 bits per heavy atom. The van der Waals surface area contributed by atoms with Gasteiger partial charge in [0.1, 0.15) is 11.6 Å². The maximum absolute atomic E-state index is 12.4. The van der Waals surface area contributed by atoms with Crippen molar-refractivity contribution in [2.24, 2.45) is 0 Å². The maximum Gasteiger partial charge on any atom is 0.266 e. The second-order valence-electron chi connectivity index (χ2n) is 6.37. The van der Waals surface area contributed by atoms with Crippen molar-refractivity contribution in [3.05, 3.63) is 63.6 Å². The molecule has 5 heteroatoms. The highest BCUT2D eigenvalue weighted by atomic mass is 79.9. The summed E-state index contributed by atoms with van der Waals surface area (Å²) in [5.41, 5.74) is 3.97. The lowest BCUT2D eigenvalue weighted by Crippen LogP contribution is -2.18. The van der Waals surface area contributed by atoms with Crippen molar-refractivity contribution in [2.75, 3.05) is 23.3 Å². The molecule has 1 aliphatic rings. The van der Waals surface area contributed by atoms with Crippen LogP contribution in [0.2, 0.25) is 0 Å². The molecule has 132 valence electrons. The van der Waals surface area contributed by atoms with Crippen LogP contribution < -0.4 is 10.2 Å². The van der Waals surface area contributed by atoms with Crippen molar-refractivity contribution >= 4 is 39.3 Å². The minimum absolute atomic E-state index is 0.0818. The standard InChI is InChI=1S/C21H20BrN3O/c1-15-11-16(7-8-20(15)25-9-2-3-10-25)12-17(14-23)21(26)24-19-6-4-5-18(22)13-19/h4-8,11-13H,2-3,9-10H2,1H3,(H,24,26)/b17-12+. The van der Waals surface area contributed by atoms with Gasteiger partial charge in [-0.25, -0.2) is 0 Å². The second-order valence-corrected chi connectivity index (χ2v) is 7.29. The molecule has 1 heterocycles. The van der Waals surface area contributed by atoms with Crippen LogP contribution in [0.4, 0.5) is 11.4 Å². The van der Waals surface area contributed by atoms with E-state index in [1.54, 1.807) is 18.2 Å². The zero-order valence-corrected chi connectivity index (χ0v) is 16.2. The Balaban J connectivity index is 1.79. The minimum Gasteiger partial charge on any atom is -0.371 e. The van der Waals surface area contributed by atoms with Crippen LogP contribution >= 0.6 is 15.9 Å². The molecule has 0 bridgehead atoms. The van der Waals surface area contributed by atoms with Crippen LogP contribution in [0.1, 0.15) is 24.0 Å². The van der Waals surface area contributed by atoms with E-state index in [0.717, 1.165) is 28.7 Å². The van der Waals surface area contributed by atoms with Gasteiger partial charge in [0.05, 0.1) is 0 Å². The Morgan fingerprint density at radius 1 is 1.23 bits per heavy atom. The first kappa shape index (κ1) is 18.2. The second kappa shape index (κ2) is 8.20. The van der Waals surface area contributed by atoms with Gasteiger partial charge in [0.25, 0.3) is 5.91 Å². The van der Waals surface area contributed by atoms with Crippen molar-refractivity contribution in [2.45, 2.75) is 19.8 Å². The number of anilines is 2. The smallest absolute Gasteiger partial charge is 0.266 e. The molecule has 26 heavy (non-hydrogen) atoms. The van der Waals surface area contributed by atoms with Crippen LogP contribution in [0.15, 0.2) is 52.5 Å². The molecule has 4 nitrogen and oxygen atoms in total. The first-order valence-electron chi connectivity index (χ1n) is 8.61. The van der Waals surface area contributed by atoms with Crippen molar-refractivity contribution in [3.8, 4) is 6.07 Å². The molecule has 2 aromatic carbocycles. The Morgan fingerprint density at radius 2 is 2.00 bits per heavy atom. The Kier molecular flexibility index (Phi) is 5.75. The fourth-order valence-electron chi connectivity index (χ4n) is 3.16. The van der Waals surface area contributed by atoms with E-state index in [0.29, 0.717) is 5.69 Å². The van der Waals surface area contributed by atoms with Gasteiger partial charge in [0.15, 0.2) is 0 Å². The summed E-state index contributed by atoms with van der Waals surface area (Å²) in [7, 11) is 0. The van der Waals surface area contributed by atoms with Crippen LogP contribution in [0, 0.1) is 18.3 Å². The van der Waals surface area contributed by atoms with Gasteiger partial charge in [-0.15, -0.1) is 0 Å². The Hall–Kier alpha value is -2.58. The molecule has 0 atom stereocenters. The first-order chi connectivity index (χ1) is 12.6. The third-order valence-electron chi connectivity index (χ3n) is 4.43. The summed E-state index contributed by atoms with van der Waals surface area (Å²) in [6, 6.07) is 15.3. The predicted octanol–water partition coefficient (Wildman–Crippen LogP) is 4.90. The average molecular weight is 410 g/mol. The molecule has 1 amide bonds. The molecule has 0 unspecified atom stereocenters. The lowest BCUT2D eigenvalue weighted by atomic mass is 10.1. The molecule has 3 rings (SSSR count). The van der Waals surface area contributed by atoms with Gasteiger partial charge in [-0.3, -0.25) is 4.79 Å². The highest BCUT2D eigenvalue weighted by molar-refractivity contribution is 9.10. The summed E-state index contributed by atoms with van der Waals surface area (Å²) in [6.07, 6.45) is 4.10. The number of rotatable bonds is 4. The van der Waals surface area contributed by atoms with Crippen LogP contribution in [0.3, 0.4) is 0 Å². The summed E-state index contributed by atoms with van der Waals surface area (Å²) < 4.78 is 0.867. The van der Waals surface area contributed by atoms with Crippen LogP contribution in [-0.4, -0.2) is 19.0 Å². The number of benzene rings is 2. The number of aryl methyl sites for hydroxylation is 1. The molecule has 0 saturated carbocycles. The van der Waals surface area contributed by atoms with E-state index in [-0.39, 0.29) is 5.57 Å². The van der Waals surface area contributed by atoms with Crippen molar-refractivity contribution in [3.63, 3.8) is 0 Å². The summed E-state index contributed by atoms with van der Waals surface area (Å²) in [5, 5.41) is 12.1. The SMILES string of the molecule is Cc1cc(/C=C(\C#N)C(=O)Nc2cccc(Br)c2)ccc1N1CCCC1. The van der Waals surface area contributed by atoms with E-state index >= 15 is 0 Å². The van der Waals surface area contributed by atoms with E-state index in [2.05, 4.69) is 39.1 Å². The van der Waals surface area contributed by atoms with Gasteiger partial charge < -0.3 is 10.2 Å². The lowest BCUT2D eigenvalue weighted by Gasteiger charge is -2.20. The average Bonchev–Trinajstić information content (AvgIpc) is 3.14. The Labute approximate surface area is 162 Å².